The van der Waals surface area contributed by atoms with E-state index in [-0.39, 0.29) is 12.3 Å². The van der Waals surface area contributed by atoms with E-state index in [1.807, 2.05) is 42.5 Å². The van der Waals surface area contributed by atoms with E-state index in [1.165, 1.54) is 11.3 Å². The van der Waals surface area contributed by atoms with E-state index in [1.54, 1.807) is 25.3 Å². The van der Waals surface area contributed by atoms with Gasteiger partial charge in [0.2, 0.25) is 11.8 Å². The second-order valence-electron chi connectivity index (χ2n) is 6.73. The molecule has 0 aliphatic rings. The van der Waals surface area contributed by atoms with E-state index in [4.69, 9.17) is 9.68 Å². The van der Waals surface area contributed by atoms with Crippen LogP contribution in [-0.2, 0) is 17.6 Å². The average Bonchev–Trinajstić information content (AvgIpc) is 3.35. The smallest absolute Gasteiger partial charge is 0.232 e. The first kappa shape index (κ1) is 19.6. The highest BCUT2D eigenvalue weighted by Gasteiger charge is 2.15. The number of aryl methyl sites for hydroxylation is 1. The van der Waals surface area contributed by atoms with Gasteiger partial charge in [0, 0.05) is 23.1 Å². The van der Waals surface area contributed by atoms with Crippen LogP contribution in [0.15, 0.2) is 65.2 Å². The maximum atomic E-state index is 12.5. The predicted molar refractivity (Wildman–Crippen MR) is 115 cm³/mol. The number of rotatable bonds is 6. The Balaban J connectivity index is 1.38. The molecular weight excluding hydrogens is 396 g/mol. The minimum Gasteiger partial charge on any atom is -0.441 e. The van der Waals surface area contributed by atoms with Gasteiger partial charge < -0.3 is 9.73 Å². The Morgan fingerprint density at radius 1 is 1.17 bits per heavy atom. The number of nitriles is 1. The summed E-state index contributed by atoms with van der Waals surface area (Å²) in [6.45, 7) is 1.81. The van der Waals surface area contributed by atoms with E-state index >= 15 is 0 Å². The van der Waals surface area contributed by atoms with Crippen LogP contribution in [0.2, 0.25) is 0 Å². The fourth-order valence-corrected chi connectivity index (χ4v) is 3.82. The van der Waals surface area contributed by atoms with Crippen LogP contribution in [0.3, 0.4) is 0 Å². The second-order valence-corrected chi connectivity index (χ2v) is 7.85. The lowest BCUT2D eigenvalue weighted by Crippen LogP contribution is -2.14. The second kappa shape index (κ2) is 8.72. The van der Waals surface area contributed by atoms with Gasteiger partial charge in [-0.15, -0.1) is 11.3 Å². The number of benzene rings is 2. The largest absolute Gasteiger partial charge is 0.441 e. The molecule has 0 fully saturated rings. The Kier molecular flexibility index (Phi) is 5.68. The van der Waals surface area contributed by atoms with E-state index in [9.17, 15) is 4.79 Å². The normalized spacial score (nSPS) is 10.5. The summed E-state index contributed by atoms with van der Waals surface area (Å²) in [6, 6.07) is 19.1. The van der Waals surface area contributed by atoms with Crippen molar-refractivity contribution in [2.24, 2.45) is 0 Å². The zero-order chi connectivity index (χ0) is 20.9. The van der Waals surface area contributed by atoms with Gasteiger partial charge in [-0.05, 0) is 36.8 Å². The summed E-state index contributed by atoms with van der Waals surface area (Å²) in [5.41, 5.74) is 3.21. The molecule has 2 aromatic heterocycles. The molecule has 2 heterocycles. The number of hydrogen-bond donors (Lipinski definition) is 1. The average molecular weight is 414 g/mol. The van der Waals surface area contributed by atoms with Gasteiger partial charge in [-0.1, -0.05) is 30.3 Å². The predicted octanol–water partition coefficient (Wildman–Crippen LogP) is 4.75. The number of amides is 1. The standard InChI is InChI=1S/C23H18N4O2S/c1-15-20(26-22(29-15)18-5-3-2-4-6-18)12-21(28)27-23-25-14-19(30-23)11-16-7-9-17(13-24)10-8-16/h2-10,14H,11-12H2,1H3,(H,25,27,28). The van der Waals surface area contributed by atoms with E-state index in [0.717, 1.165) is 16.0 Å². The van der Waals surface area contributed by atoms with Gasteiger partial charge in [0.1, 0.15) is 5.76 Å². The Labute approximate surface area is 177 Å². The molecule has 6 nitrogen and oxygen atoms in total. The highest BCUT2D eigenvalue weighted by Crippen LogP contribution is 2.24. The Morgan fingerprint density at radius 2 is 1.93 bits per heavy atom. The number of aromatic nitrogens is 2. The van der Waals surface area contributed by atoms with E-state index in [2.05, 4.69) is 21.4 Å². The van der Waals surface area contributed by atoms with Crippen LogP contribution < -0.4 is 5.32 Å². The summed E-state index contributed by atoms with van der Waals surface area (Å²) in [5.74, 6) is 0.949. The SMILES string of the molecule is Cc1oc(-c2ccccc2)nc1CC(=O)Nc1ncc(Cc2ccc(C#N)cc2)s1. The quantitative estimate of drug-likeness (QED) is 0.491. The molecule has 0 saturated carbocycles. The molecule has 0 unspecified atom stereocenters. The van der Waals surface area contributed by atoms with Crippen LogP contribution >= 0.6 is 11.3 Å². The highest BCUT2D eigenvalue weighted by atomic mass is 32.1. The molecule has 0 saturated heterocycles. The van der Waals surface area contributed by atoms with Crippen LogP contribution in [0, 0.1) is 18.3 Å². The molecular formula is C23H18N4O2S. The van der Waals surface area contributed by atoms with Crippen LogP contribution in [0.5, 0.6) is 0 Å². The fraction of sp³-hybridized carbons (Fsp3) is 0.130. The monoisotopic (exact) mass is 414 g/mol. The fourth-order valence-electron chi connectivity index (χ4n) is 2.96. The minimum absolute atomic E-state index is 0.118. The third kappa shape index (κ3) is 4.62. The Hall–Kier alpha value is -3.76. The zero-order valence-corrected chi connectivity index (χ0v) is 17.1. The first-order valence-corrected chi connectivity index (χ1v) is 10.2. The van der Waals surface area contributed by atoms with Crippen LogP contribution in [0.25, 0.3) is 11.5 Å². The molecule has 1 amide bonds. The molecule has 4 rings (SSSR count). The number of carbonyl (C=O) groups excluding carboxylic acids is 1. The summed E-state index contributed by atoms with van der Waals surface area (Å²) >= 11 is 1.43. The van der Waals surface area contributed by atoms with Crippen molar-refractivity contribution in [3.63, 3.8) is 0 Å². The third-order valence-electron chi connectivity index (χ3n) is 4.50. The highest BCUT2D eigenvalue weighted by molar-refractivity contribution is 7.15. The van der Waals surface area contributed by atoms with Crippen molar-refractivity contribution in [2.45, 2.75) is 19.8 Å². The van der Waals surface area contributed by atoms with Crippen molar-refractivity contribution in [1.82, 2.24) is 9.97 Å². The summed E-state index contributed by atoms with van der Waals surface area (Å²) in [7, 11) is 0. The van der Waals surface area contributed by atoms with Gasteiger partial charge in [-0.3, -0.25) is 4.79 Å². The minimum atomic E-state index is -0.190. The van der Waals surface area contributed by atoms with Gasteiger partial charge in [0.25, 0.3) is 0 Å². The molecule has 1 N–H and O–H groups in total. The topological polar surface area (TPSA) is 91.8 Å². The van der Waals surface area contributed by atoms with Crippen LogP contribution in [0.1, 0.15) is 27.5 Å². The number of oxazole rings is 1. The van der Waals surface area contributed by atoms with Crippen molar-refractivity contribution < 1.29 is 9.21 Å². The lowest BCUT2D eigenvalue weighted by molar-refractivity contribution is -0.115. The lowest BCUT2D eigenvalue weighted by atomic mass is 10.1. The van der Waals surface area contributed by atoms with Crippen molar-refractivity contribution in [1.29, 1.82) is 5.26 Å². The summed E-state index contributed by atoms with van der Waals surface area (Å²) in [6.07, 6.45) is 2.57. The molecule has 7 heteroatoms. The van der Waals surface area contributed by atoms with Crippen molar-refractivity contribution in [3.8, 4) is 17.5 Å². The molecule has 0 bridgehead atoms. The summed E-state index contributed by atoms with van der Waals surface area (Å²) in [5, 5.41) is 12.3. The molecule has 0 spiro atoms. The van der Waals surface area contributed by atoms with Gasteiger partial charge in [0.05, 0.1) is 23.7 Å². The number of hydrogen-bond acceptors (Lipinski definition) is 6. The van der Waals surface area contributed by atoms with Gasteiger partial charge in [-0.25, -0.2) is 9.97 Å². The number of nitrogens with one attached hydrogen (secondary N) is 1. The molecule has 0 aliphatic heterocycles. The molecule has 30 heavy (non-hydrogen) atoms. The summed E-state index contributed by atoms with van der Waals surface area (Å²) in [4.78, 5) is 22.3. The van der Waals surface area contributed by atoms with Crippen LogP contribution in [0.4, 0.5) is 5.13 Å². The molecule has 0 aliphatic carbocycles. The number of carbonyl (C=O) groups is 1. The number of anilines is 1. The van der Waals surface area contributed by atoms with Crippen molar-refractivity contribution >= 4 is 22.4 Å². The molecule has 148 valence electrons. The maximum Gasteiger partial charge on any atom is 0.232 e. The lowest BCUT2D eigenvalue weighted by Gasteiger charge is -2.00. The van der Waals surface area contributed by atoms with Gasteiger partial charge in [-0.2, -0.15) is 5.26 Å². The number of nitrogens with zero attached hydrogens (tertiary/aromatic N) is 3. The zero-order valence-electron chi connectivity index (χ0n) is 16.3. The first-order chi connectivity index (χ1) is 14.6. The van der Waals surface area contributed by atoms with Crippen molar-refractivity contribution in [3.05, 3.63) is 88.3 Å². The Morgan fingerprint density at radius 3 is 2.67 bits per heavy atom. The number of thiazole rings is 1. The third-order valence-corrected chi connectivity index (χ3v) is 5.42. The molecule has 0 atom stereocenters. The summed E-state index contributed by atoms with van der Waals surface area (Å²) < 4.78 is 5.71. The van der Waals surface area contributed by atoms with E-state index in [0.29, 0.717) is 34.5 Å². The molecule has 0 radical (unpaired) electrons. The van der Waals surface area contributed by atoms with Gasteiger partial charge in [0.15, 0.2) is 5.13 Å². The van der Waals surface area contributed by atoms with E-state index < -0.39 is 0 Å². The molecule has 2 aromatic carbocycles. The van der Waals surface area contributed by atoms with Crippen molar-refractivity contribution in [2.75, 3.05) is 5.32 Å². The Bertz CT molecular complexity index is 1200. The van der Waals surface area contributed by atoms with Gasteiger partial charge >= 0.3 is 0 Å². The maximum absolute atomic E-state index is 12.5. The first-order valence-electron chi connectivity index (χ1n) is 9.36. The molecule has 4 aromatic rings. The van der Waals surface area contributed by atoms with Crippen LogP contribution in [-0.4, -0.2) is 15.9 Å².